The van der Waals surface area contributed by atoms with E-state index in [1.807, 2.05) is 36.4 Å². The first kappa shape index (κ1) is 97.3. The van der Waals surface area contributed by atoms with Crippen LogP contribution < -0.4 is 24.7 Å². The van der Waals surface area contributed by atoms with Crippen molar-refractivity contribution in [2.75, 3.05) is 55.3 Å². The maximum atomic E-state index is 15.6. The number of nitrogens with two attached hydrogens (primary N) is 1. The standard InChI is InChI=1S/C34H31F6N3O4S.C27H28F3N3O4S.C18H15F6N3O2S.C7H7Br.CH4/c1-33(30-28(36)17-25(35)18-29(30)37)31(23-9-11-24(12-10-23)34(38,39)40)48(44,45)42(2)32(41-33)43(19-21-5-13-26(46-3)14-6-21)20-22-7-15-27(47-4)16-8-22;1-27(25-23(29)13-20(28)14-24(25)30)17-38(34,35)32(2)26(31-27)33(15-18-5-9-21(36-3)10-6-18)16-19-7-11-22(37-4)12-8-19;1-17(14-12(20)7-11(19)8-13(14)21)15(30(28,29)27(2)16(25)26-17)9-3-5-10(6-4-9)18(22,23)24;1-6-2-4-7(8)5-3-6;/h5-18,31H,19-20H2,1-4H3;5-14H,15-17H2,1-4H3;3-8,15H,1-2H3,(H2,25,26);2-5H,1H3;1H4/t31-,33-;27-;15-,17-;;/m101../s1. The van der Waals surface area contributed by atoms with E-state index in [1.54, 1.807) is 96.8 Å². The van der Waals surface area contributed by atoms with Crippen LogP contribution in [-0.2, 0) is 85.2 Å². The molecular formula is C87H85BrF15N9O10S3. The number of alkyl halides is 6. The van der Waals surface area contributed by atoms with Crippen LogP contribution in [0.3, 0.4) is 0 Å². The van der Waals surface area contributed by atoms with Crippen LogP contribution in [0.5, 0.6) is 23.0 Å². The minimum absolute atomic E-state index is 0. The smallest absolute Gasteiger partial charge is 0.416 e. The van der Waals surface area contributed by atoms with Crippen molar-refractivity contribution in [3.63, 3.8) is 0 Å². The van der Waals surface area contributed by atoms with E-state index in [4.69, 9.17) is 29.7 Å². The zero-order chi connectivity index (χ0) is 91.3. The van der Waals surface area contributed by atoms with Gasteiger partial charge < -0.3 is 34.5 Å². The monoisotopic (exact) mass is 1880 g/mol. The lowest BCUT2D eigenvalue weighted by molar-refractivity contribution is -0.138. The van der Waals surface area contributed by atoms with Crippen LogP contribution in [-0.4, -0.2) is 121 Å². The van der Waals surface area contributed by atoms with Crippen LogP contribution in [0.25, 0.3) is 0 Å². The van der Waals surface area contributed by atoms with Crippen molar-refractivity contribution in [1.29, 1.82) is 0 Å². The summed E-state index contributed by atoms with van der Waals surface area (Å²) in [5.74, 6) is -10.7. The van der Waals surface area contributed by atoms with Crippen molar-refractivity contribution in [3.8, 4) is 23.0 Å². The SMILES string of the molecule is C.CN1C(N)=N[C@](C)(c2c(F)cc(F)cc2F)[C@@H](c2ccc(C(F)(F)F)cc2)S1(=O)=O.COc1ccc(CN(Cc2ccc(OC)cc2)C2=N[C@](C)(c3c(F)cc(F)cc3F)CS(=O)(=O)N2C)cc1.COc1ccc(CN(Cc2ccc(OC)cc2)C2=N[C@](C)(c3c(F)cc(F)cc3F)[C@@H](c3ccc(C(F)(F)F)cc3)S(=O)(=O)N2C)cc1.Cc1ccc(Br)cc1. The van der Waals surface area contributed by atoms with Gasteiger partial charge in [0.05, 0.1) is 62.0 Å². The van der Waals surface area contributed by atoms with E-state index in [0.29, 0.717) is 99.1 Å². The second-order valence-corrected chi connectivity index (χ2v) is 36.3. The lowest BCUT2D eigenvalue weighted by Gasteiger charge is -2.45. The Morgan fingerprint density at radius 1 is 0.416 bits per heavy atom. The molecule has 0 unspecified atom stereocenters. The first-order valence-corrected chi connectivity index (χ1v) is 42.4. The predicted octanol–water partition coefficient (Wildman–Crippen LogP) is 19.2. The first-order chi connectivity index (χ1) is 58.0. The van der Waals surface area contributed by atoms with Crippen molar-refractivity contribution in [3.05, 3.63) is 330 Å². The Balaban J connectivity index is 0.000000206. The van der Waals surface area contributed by atoms with Crippen LogP contribution in [0.4, 0.5) is 65.9 Å². The fourth-order valence-corrected chi connectivity index (χ4v) is 19.9. The Bertz CT molecular complexity index is 5790. The van der Waals surface area contributed by atoms with E-state index in [-0.39, 0.29) is 56.7 Å². The molecule has 38 heteroatoms. The van der Waals surface area contributed by atoms with Crippen molar-refractivity contribution < 1.29 is 110 Å². The second-order valence-electron chi connectivity index (χ2n) is 29.2. The molecule has 19 nitrogen and oxygen atoms in total. The largest absolute Gasteiger partial charge is 0.497 e. The molecule has 3 heterocycles. The summed E-state index contributed by atoms with van der Waals surface area (Å²) in [4.78, 5) is 16.6. The molecule has 0 bridgehead atoms. The van der Waals surface area contributed by atoms with E-state index in [2.05, 4.69) is 45.0 Å². The van der Waals surface area contributed by atoms with Gasteiger partial charge in [0.15, 0.2) is 0 Å². The van der Waals surface area contributed by atoms with Gasteiger partial charge in [-0.05, 0) is 146 Å². The summed E-state index contributed by atoms with van der Waals surface area (Å²) >= 11 is 3.35. The van der Waals surface area contributed by atoms with Crippen LogP contribution in [0.1, 0.15) is 105 Å². The van der Waals surface area contributed by atoms with Crippen molar-refractivity contribution in [1.82, 2.24) is 22.7 Å². The van der Waals surface area contributed by atoms with Gasteiger partial charge in [-0.2, -0.15) is 26.3 Å². The Kier molecular flexibility index (Phi) is 30.0. The molecule has 0 saturated carbocycles. The van der Waals surface area contributed by atoms with Crippen molar-refractivity contribution >= 4 is 63.9 Å². The van der Waals surface area contributed by atoms with Crippen LogP contribution in [0.15, 0.2) is 226 Å². The molecule has 10 aromatic carbocycles. The van der Waals surface area contributed by atoms with E-state index < -0.39 is 161 Å². The number of nitrogens with zero attached hydrogens (tertiary/aromatic N) is 8. The highest BCUT2D eigenvalue weighted by Gasteiger charge is 2.57. The lowest BCUT2D eigenvalue weighted by atomic mass is 9.84. The number of sulfonamides is 3. The number of halogens is 16. The molecule has 125 heavy (non-hydrogen) atoms. The molecule has 5 atom stereocenters. The molecule has 2 N–H and O–H groups in total. The number of guanidine groups is 3. The van der Waals surface area contributed by atoms with Crippen LogP contribution >= 0.6 is 15.9 Å². The Morgan fingerprint density at radius 2 is 0.696 bits per heavy atom. The molecule has 0 radical (unpaired) electrons. The third-order valence-corrected chi connectivity index (χ3v) is 27.5. The fraction of sp³-hybridized carbons (Fsp3) is 0.276. The summed E-state index contributed by atoms with van der Waals surface area (Å²) in [6.07, 6.45) is -9.41. The zero-order valence-electron chi connectivity index (χ0n) is 67.8. The quantitative estimate of drug-likeness (QED) is 0.0840. The molecule has 3 aliphatic rings. The molecule has 668 valence electrons. The van der Waals surface area contributed by atoms with Crippen molar-refractivity contribution in [2.45, 2.75) is 101 Å². The number of benzene rings is 10. The van der Waals surface area contributed by atoms with Gasteiger partial charge in [-0.3, -0.25) is 0 Å². The molecule has 0 spiro atoms. The minimum atomic E-state index is -4.73. The van der Waals surface area contributed by atoms with Gasteiger partial charge in [0.2, 0.25) is 47.9 Å². The minimum Gasteiger partial charge on any atom is -0.497 e. The first-order valence-electron chi connectivity index (χ1n) is 37.0. The van der Waals surface area contributed by atoms with Gasteiger partial charge >= 0.3 is 12.4 Å². The van der Waals surface area contributed by atoms with Gasteiger partial charge in [0.1, 0.15) is 102 Å². The molecule has 3 aliphatic heterocycles. The number of hydrogen-bond acceptors (Lipinski definition) is 16. The van der Waals surface area contributed by atoms with E-state index in [1.165, 1.54) is 40.8 Å². The molecule has 0 fully saturated rings. The summed E-state index contributed by atoms with van der Waals surface area (Å²) in [7, 11) is -3.53. The second kappa shape index (κ2) is 38.5. The van der Waals surface area contributed by atoms with Crippen molar-refractivity contribution in [2.24, 2.45) is 20.7 Å². The molecular weight excluding hydrogens is 1790 g/mol. The van der Waals surface area contributed by atoms with E-state index in [0.717, 1.165) is 69.4 Å². The Hall–Kier alpha value is -11.5. The molecule has 0 aromatic heterocycles. The Morgan fingerprint density at radius 3 is 0.984 bits per heavy atom. The zero-order valence-corrected chi connectivity index (χ0v) is 71.9. The summed E-state index contributed by atoms with van der Waals surface area (Å²) in [5, 5.41) is -3.77. The lowest BCUT2D eigenvalue weighted by Crippen LogP contribution is -2.54. The Labute approximate surface area is 722 Å². The normalized spacial score (nSPS) is 19.3. The van der Waals surface area contributed by atoms with Gasteiger partial charge in [-0.15, -0.1) is 0 Å². The third kappa shape index (κ3) is 21.7. The number of hydrogen-bond donors (Lipinski definition) is 1. The molecule has 0 aliphatic carbocycles. The highest BCUT2D eigenvalue weighted by molar-refractivity contribution is 9.10. The number of rotatable bonds is 17. The fourth-order valence-electron chi connectivity index (χ4n) is 14.3. The summed E-state index contributed by atoms with van der Waals surface area (Å²) in [6.45, 7) is 6.19. The maximum absolute atomic E-state index is 15.6. The molecule has 0 saturated heterocycles. The number of aryl methyl sites for hydroxylation is 1. The average Bonchev–Trinajstić information content (AvgIpc) is 0.721. The molecule has 0 amide bonds. The number of methoxy groups -OCH3 is 4. The van der Waals surface area contributed by atoms with Gasteiger partial charge in [-0.25, -0.2) is 92.7 Å². The average molecular weight is 1880 g/mol. The topological polar surface area (TPSA) is 219 Å². The van der Waals surface area contributed by atoms with Gasteiger partial charge in [-0.1, -0.05) is 114 Å². The predicted molar refractivity (Wildman–Crippen MR) is 447 cm³/mol. The number of ether oxygens (including phenoxy) is 4. The molecule has 10 aromatic rings. The summed E-state index contributed by atoms with van der Waals surface area (Å²) in [6, 6.07) is 45.3. The highest BCUT2D eigenvalue weighted by Crippen LogP contribution is 2.52. The maximum Gasteiger partial charge on any atom is 0.416 e. The van der Waals surface area contributed by atoms with Gasteiger partial charge in [0, 0.05) is 88.2 Å². The van der Waals surface area contributed by atoms with E-state index in [9.17, 15) is 82.3 Å². The third-order valence-electron chi connectivity index (χ3n) is 20.5. The van der Waals surface area contributed by atoms with Gasteiger partial charge in [0.25, 0.3) is 0 Å². The molecule has 13 rings (SSSR count). The number of aliphatic imine (C=N–C) groups is 3. The summed E-state index contributed by atoms with van der Waals surface area (Å²) in [5.41, 5.74) is -1.31. The highest BCUT2D eigenvalue weighted by atomic mass is 79.9. The summed E-state index contributed by atoms with van der Waals surface area (Å²) < 4.78 is 317. The van der Waals surface area contributed by atoms with Crippen LogP contribution in [0, 0.1) is 59.3 Å². The van der Waals surface area contributed by atoms with Crippen LogP contribution in [0.2, 0.25) is 0 Å². The van der Waals surface area contributed by atoms with E-state index >= 15 is 8.78 Å².